The third-order valence-corrected chi connectivity index (χ3v) is 5.94. The molecular formula is C20H24N6S. The molecule has 0 spiro atoms. The van der Waals surface area contributed by atoms with Crippen LogP contribution in [-0.2, 0) is 0 Å². The molecule has 27 heavy (non-hydrogen) atoms. The van der Waals surface area contributed by atoms with Crippen molar-refractivity contribution in [2.24, 2.45) is 0 Å². The number of pyridine rings is 2. The first-order valence-electron chi connectivity index (χ1n) is 9.25. The van der Waals surface area contributed by atoms with Crippen LogP contribution in [0.2, 0.25) is 0 Å². The molecule has 1 fully saturated rings. The summed E-state index contributed by atoms with van der Waals surface area (Å²) in [7, 11) is 2.15. The summed E-state index contributed by atoms with van der Waals surface area (Å²) < 4.78 is 0. The van der Waals surface area contributed by atoms with Gasteiger partial charge in [-0.3, -0.25) is 0 Å². The van der Waals surface area contributed by atoms with Crippen molar-refractivity contribution in [1.82, 2.24) is 20.3 Å². The summed E-state index contributed by atoms with van der Waals surface area (Å²) in [6.45, 7) is 4.21. The van der Waals surface area contributed by atoms with E-state index < -0.39 is 0 Å². The normalized spacial score (nSPS) is 14.9. The number of thiazole rings is 1. The number of aryl methyl sites for hydroxylation is 1. The molecule has 4 heterocycles. The molecule has 0 radical (unpaired) electrons. The lowest BCUT2D eigenvalue weighted by molar-refractivity contribution is 0.443. The van der Waals surface area contributed by atoms with Crippen molar-refractivity contribution in [3.05, 3.63) is 48.3 Å². The Morgan fingerprint density at radius 1 is 1.15 bits per heavy atom. The Labute approximate surface area is 163 Å². The Morgan fingerprint density at radius 2 is 2.00 bits per heavy atom. The van der Waals surface area contributed by atoms with Gasteiger partial charge in [-0.2, -0.15) is 0 Å². The van der Waals surface area contributed by atoms with E-state index in [9.17, 15) is 0 Å². The molecule has 0 bridgehead atoms. The number of nitrogens with one attached hydrogen (secondary N) is 2. The maximum Gasteiger partial charge on any atom is 0.185 e. The van der Waals surface area contributed by atoms with Crippen molar-refractivity contribution in [1.29, 1.82) is 0 Å². The van der Waals surface area contributed by atoms with Crippen LogP contribution < -0.4 is 15.5 Å². The number of piperidine rings is 1. The van der Waals surface area contributed by atoms with E-state index >= 15 is 0 Å². The summed E-state index contributed by atoms with van der Waals surface area (Å²) in [5.74, 6) is 1.59. The van der Waals surface area contributed by atoms with Gasteiger partial charge in [0.05, 0.1) is 10.6 Å². The first-order chi connectivity index (χ1) is 13.2. The second kappa shape index (κ2) is 8.02. The minimum Gasteiger partial charge on any atom is -0.348 e. The highest BCUT2D eigenvalue weighted by Gasteiger charge is 2.20. The van der Waals surface area contributed by atoms with Crippen molar-refractivity contribution < 1.29 is 0 Å². The number of nitrogens with zero attached hydrogens (tertiary/aromatic N) is 4. The smallest absolute Gasteiger partial charge is 0.185 e. The van der Waals surface area contributed by atoms with E-state index in [0.717, 1.165) is 58.8 Å². The Kier molecular flexibility index (Phi) is 5.31. The second-order valence-electron chi connectivity index (χ2n) is 6.85. The topological polar surface area (TPSA) is 66.0 Å². The van der Waals surface area contributed by atoms with E-state index in [0.29, 0.717) is 6.04 Å². The highest BCUT2D eigenvalue weighted by Crippen LogP contribution is 2.32. The summed E-state index contributed by atoms with van der Waals surface area (Å²) in [6.07, 6.45) is 6.04. The Bertz CT molecular complexity index is 903. The second-order valence-corrected chi connectivity index (χ2v) is 7.86. The zero-order valence-electron chi connectivity index (χ0n) is 15.6. The average Bonchev–Trinajstić information content (AvgIpc) is 3.19. The molecule has 2 N–H and O–H groups in total. The van der Waals surface area contributed by atoms with E-state index in [-0.39, 0.29) is 0 Å². The zero-order valence-corrected chi connectivity index (χ0v) is 16.5. The number of anilines is 3. The number of hydrogen-bond donors (Lipinski definition) is 2. The Morgan fingerprint density at radius 3 is 2.81 bits per heavy atom. The molecule has 0 saturated carbocycles. The molecular weight excluding hydrogens is 356 g/mol. The Hall–Kier alpha value is -2.51. The van der Waals surface area contributed by atoms with Crippen LogP contribution in [-0.4, -0.2) is 41.1 Å². The quantitative estimate of drug-likeness (QED) is 0.701. The lowest BCUT2D eigenvalue weighted by atomic mass is 10.1. The van der Waals surface area contributed by atoms with Gasteiger partial charge < -0.3 is 15.5 Å². The van der Waals surface area contributed by atoms with Gasteiger partial charge >= 0.3 is 0 Å². The van der Waals surface area contributed by atoms with Crippen LogP contribution in [0.15, 0.2) is 42.7 Å². The molecule has 0 aromatic carbocycles. The lowest BCUT2D eigenvalue weighted by Gasteiger charge is -2.31. The van der Waals surface area contributed by atoms with Crippen LogP contribution in [0.4, 0.5) is 16.8 Å². The van der Waals surface area contributed by atoms with E-state index in [1.165, 1.54) is 0 Å². The molecule has 7 heteroatoms. The van der Waals surface area contributed by atoms with Crippen LogP contribution in [0, 0.1) is 6.92 Å². The predicted octanol–water partition coefficient (Wildman–Crippen LogP) is 3.84. The largest absolute Gasteiger partial charge is 0.348 e. The maximum atomic E-state index is 4.74. The predicted molar refractivity (Wildman–Crippen MR) is 112 cm³/mol. The highest BCUT2D eigenvalue weighted by atomic mass is 32.1. The monoisotopic (exact) mass is 380 g/mol. The average molecular weight is 381 g/mol. The minimum atomic E-state index is 0.554. The SMILES string of the molecule is Cc1ccnc(Nc2cccc(-c3cnc(N(C)C4CCNCC4)s3)n2)c1. The Balaban J connectivity index is 1.51. The molecule has 0 atom stereocenters. The lowest BCUT2D eigenvalue weighted by Crippen LogP contribution is -2.41. The fourth-order valence-corrected chi connectivity index (χ4v) is 4.19. The molecule has 4 rings (SSSR count). The summed E-state index contributed by atoms with van der Waals surface area (Å²) in [4.78, 5) is 17.1. The van der Waals surface area contributed by atoms with Gasteiger partial charge in [-0.25, -0.2) is 15.0 Å². The van der Waals surface area contributed by atoms with Gasteiger partial charge in [0.2, 0.25) is 0 Å². The van der Waals surface area contributed by atoms with E-state index in [2.05, 4.69) is 39.5 Å². The summed E-state index contributed by atoms with van der Waals surface area (Å²) >= 11 is 1.69. The maximum absolute atomic E-state index is 4.74. The molecule has 1 saturated heterocycles. The van der Waals surface area contributed by atoms with Gasteiger partial charge in [0.25, 0.3) is 0 Å². The molecule has 0 amide bonds. The summed E-state index contributed by atoms with van der Waals surface area (Å²) in [6, 6.07) is 10.5. The molecule has 3 aromatic rings. The van der Waals surface area contributed by atoms with Gasteiger partial charge in [-0.15, -0.1) is 0 Å². The third-order valence-electron chi connectivity index (χ3n) is 4.82. The fraction of sp³-hybridized carbons (Fsp3) is 0.350. The van der Waals surface area contributed by atoms with Crippen LogP contribution in [0.5, 0.6) is 0 Å². The molecule has 0 unspecified atom stereocenters. The number of aromatic nitrogens is 3. The van der Waals surface area contributed by atoms with Crippen LogP contribution in [0.25, 0.3) is 10.6 Å². The van der Waals surface area contributed by atoms with Gasteiger partial charge in [-0.1, -0.05) is 17.4 Å². The molecule has 1 aliphatic heterocycles. The van der Waals surface area contributed by atoms with Crippen molar-refractivity contribution >= 4 is 28.1 Å². The van der Waals surface area contributed by atoms with Crippen molar-refractivity contribution in [3.8, 4) is 10.6 Å². The van der Waals surface area contributed by atoms with Gasteiger partial charge in [0.15, 0.2) is 5.13 Å². The van der Waals surface area contributed by atoms with Crippen molar-refractivity contribution in [2.45, 2.75) is 25.8 Å². The molecule has 140 valence electrons. The van der Waals surface area contributed by atoms with Gasteiger partial charge in [0.1, 0.15) is 11.6 Å². The molecule has 0 aliphatic carbocycles. The van der Waals surface area contributed by atoms with Crippen molar-refractivity contribution in [3.63, 3.8) is 0 Å². The zero-order chi connectivity index (χ0) is 18.6. The highest BCUT2D eigenvalue weighted by molar-refractivity contribution is 7.18. The number of rotatable bonds is 5. The summed E-state index contributed by atoms with van der Waals surface area (Å²) in [5, 5.41) is 7.75. The molecule has 3 aromatic heterocycles. The molecule has 1 aliphatic rings. The minimum absolute atomic E-state index is 0.554. The summed E-state index contributed by atoms with van der Waals surface area (Å²) in [5.41, 5.74) is 2.09. The standard InChI is InChI=1S/C20H24N6S/c1-14-6-11-22-19(12-14)25-18-5-3-4-16(24-18)17-13-23-20(27-17)26(2)15-7-9-21-10-8-15/h3-6,11-13,15,21H,7-10H2,1-2H3,(H,22,24,25). The van der Waals surface area contributed by atoms with E-state index in [1.54, 1.807) is 17.5 Å². The fourth-order valence-electron chi connectivity index (χ4n) is 3.27. The van der Waals surface area contributed by atoms with Gasteiger partial charge in [0, 0.05) is 25.5 Å². The van der Waals surface area contributed by atoms with Crippen LogP contribution in [0.1, 0.15) is 18.4 Å². The van der Waals surface area contributed by atoms with Crippen molar-refractivity contribution in [2.75, 3.05) is 30.4 Å². The van der Waals surface area contributed by atoms with Gasteiger partial charge in [-0.05, 0) is 62.7 Å². The van der Waals surface area contributed by atoms with E-state index in [4.69, 9.17) is 4.98 Å². The third kappa shape index (κ3) is 4.26. The van der Waals surface area contributed by atoms with E-state index in [1.807, 2.05) is 36.5 Å². The first kappa shape index (κ1) is 17.9. The number of hydrogen-bond acceptors (Lipinski definition) is 7. The molecule has 6 nitrogen and oxygen atoms in total. The van der Waals surface area contributed by atoms with Crippen LogP contribution >= 0.6 is 11.3 Å². The van der Waals surface area contributed by atoms with Crippen LogP contribution in [0.3, 0.4) is 0 Å². The first-order valence-corrected chi connectivity index (χ1v) is 10.1.